The summed E-state index contributed by atoms with van der Waals surface area (Å²) in [6.07, 6.45) is -7.60. The highest BCUT2D eigenvalue weighted by molar-refractivity contribution is 7.89. The number of halogens is 1. The van der Waals surface area contributed by atoms with E-state index in [4.69, 9.17) is 44.8 Å². The number of fused-ring (bicyclic) bond motifs is 2. The maximum absolute atomic E-state index is 13.5. The van der Waals surface area contributed by atoms with Gasteiger partial charge in [0, 0.05) is 33.3 Å². The molecular formula is C39H43ClN4O14S. The number of carbonyl (C=O) groups excluding carboxylic acids is 4. The highest BCUT2D eigenvalue weighted by atomic mass is 35.5. The van der Waals surface area contributed by atoms with E-state index in [9.17, 15) is 32.7 Å². The van der Waals surface area contributed by atoms with Crippen LogP contribution in [0.5, 0.6) is 6.01 Å². The van der Waals surface area contributed by atoms with Gasteiger partial charge in [0.1, 0.15) is 24.4 Å². The third-order valence-corrected chi connectivity index (χ3v) is 11.2. The van der Waals surface area contributed by atoms with Crippen molar-refractivity contribution >= 4 is 56.7 Å². The fraction of sp³-hybridized carbons (Fsp3) is 0.436. The molecule has 6 rings (SSSR count). The zero-order valence-electron chi connectivity index (χ0n) is 32.6. The first-order valence-corrected chi connectivity index (χ1v) is 20.4. The Morgan fingerprint density at radius 3 is 1.95 bits per heavy atom. The van der Waals surface area contributed by atoms with E-state index in [2.05, 4.69) is 19.7 Å². The van der Waals surface area contributed by atoms with Crippen molar-refractivity contribution in [2.75, 3.05) is 19.8 Å². The summed E-state index contributed by atoms with van der Waals surface area (Å²) in [7, 11) is -4.26. The molecule has 8 atom stereocenters. The van der Waals surface area contributed by atoms with Gasteiger partial charge in [0.15, 0.2) is 30.1 Å². The van der Waals surface area contributed by atoms with Crippen LogP contribution in [0.2, 0.25) is 5.02 Å². The van der Waals surface area contributed by atoms with E-state index >= 15 is 0 Å². The molecule has 18 nitrogen and oxygen atoms in total. The molecule has 0 aliphatic carbocycles. The van der Waals surface area contributed by atoms with Gasteiger partial charge < -0.3 is 43.2 Å². The maximum Gasteiger partial charge on any atom is 0.303 e. The first-order chi connectivity index (χ1) is 28.0. The minimum Gasteiger partial charge on any atom is -0.458 e. The monoisotopic (exact) mass is 858 g/mol. The quantitative estimate of drug-likeness (QED) is 0.108. The van der Waals surface area contributed by atoms with Gasteiger partial charge in [-0.1, -0.05) is 54.9 Å². The molecule has 0 amide bonds. The third-order valence-electron chi connectivity index (χ3n) is 9.48. The Kier molecular flexibility index (Phi) is 13.5. The Balaban J connectivity index is 1.15. The predicted octanol–water partition coefficient (Wildman–Crippen LogP) is 3.27. The summed E-state index contributed by atoms with van der Waals surface area (Å²) in [4.78, 5) is 60.4. The number of nitrogens with zero attached hydrogens (tertiary/aromatic N) is 2. The van der Waals surface area contributed by atoms with Crippen molar-refractivity contribution in [3.63, 3.8) is 0 Å². The second kappa shape index (κ2) is 18.4. The second-order valence-corrected chi connectivity index (χ2v) is 16.0. The summed E-state index contributed by atoms with van der Waals surface area (Å²) in [5.41, 5.74) is 3.53. The first kappa shape index (κ1) is 43.4. The van der Waals surface area contributed by atoms with Crippen LogP contribution in [0.25, 0.3) is 33.5 Å². The predicted molar refractivity (Wildman–Crippen MR) is 207 cm³/mol. The van der Waals surface area contributed by atoms with E-state index < -0.39 is 89.3 Å². The zero-order valence-corrected chi connectivity index (χ0v) is 34.2. The lowest BCUT2D eigenvalue weighted by Crippen LogP contribution is -2.54. The average molecular weight is 859 g/mol. The number of carbonyl (C=O) groups is 4. The van der Waals surface area contributed by atoms with Crippen molar-refractivity contribution in [3.05, 3.63) is 59.6 Å². The number of H-pyrrole nitrogens is 1. The standard InChI is InChI=1S/C39H43ClN4O14S/c1-6-30(54-19(2)45)36(56-21(4)47)37(57-22(5)48)31(55-20(3)46)16-41-59(50,51)26-13-11-24(12-14-26)23-7-9-25(10-8-23)33-27(40)15-28-38(43-33)44-39(42-28)58-32-18-53-34-29(49)17-52-35(32)34/h7-15,29-32,34-37,41,49H,6,16-18H2,1-5H3,(H,42,43,44)/t29-,30-,31+,32-,34-,35-,36-,37-/m1/s1. The first-order valence-electron chi connectivity index (χ1n) is 18.6. The van der Waals surface area contributed by atoms with Crippen LogP contribution < -0.4 is 9.46 Å². The third kappa shape index (κ3) is 10.3. The Labute approximate surface area is 343 Å². The Morgan fingerprint density at radius 1 is 0.814 bits per heavy atom. The number of aliphatic hydroxyl groups is 1. The number of rotatable bonds is 16. The molecule has 2 fully saturated rings. The van der Waals surface area contributed by atoms with Crippen molar-refractivity contribution in [2.24, 2.45) is 0 Å². The largest absolute Gasteiger partial charge is 0.458 e. The number of aliphatic hydroxyl groups excluding tert-OH is 1. The number of sulfonamides is 1. The van der Waals surface area contributed by atoms with Gasteiger partial charge in [-0.25, -0.2) is 18.1 Å². The highest BCUT2D eigenvalue weighted by Crippen LogP contribution is 2.33. The SMILES string of the molecule is CC[C@@H](OC(C)=O)[C@@H](OC(C)=O)[C@H](OC(C)=O)[C@H](CNS(=O)(=O)c1ccc(-c2ccc(-c3nc4nc(O[C@@H]5CO[C@H]6[C@@H]5OC[C@H]6O)[nH]c4cc3Cl)cc2)cc1)OC(C)=O. The van der Waals surface area contributed by atoms with E-state index in [0.717, 1.165) is 33.3 Å². The molecule has 0 saturated carbocycles. The number of aromatic amines is 1. The number of pyridine rings is 1. The van der Waals surface area contributed by atoms with Gasteiger partial charge in [-0.15, -0.1) is 0 Å². The number of hydrogen-bond acceptors (Lipinski definition) is 16. The van der Waals surface area contributed by atoms with Crippen molar-refractivity contribution in [2.45, 2.75) is 94.8 Å². The second-order valence-electron chi connectivity index (χ2n) is 13.9. The van der Waals surface area contributed by atoms with E-state index in [1.54, 1.807) is 25.1 Å². The van der Waals surface area contributed by atoms with E-state index in [0.29, 0.717) is 33.0 Å². The molecule has 2 aromatic carbocycles. The lowest BCUT2D eigenvalue weighted by atomic mass is 10.00. The van der Waals surface area contributed by atoms with Crippen molar-refractivity contribution < 1.29 is 65.9 Å². The number of ether oxygens (including phenoxy) is 7. The summed E-state index contributed by atoms with van der Waals surface area (Å²) in [5, 5.41) is 10.4. The molecule has 2 aliphatic rings. The van der Waals surface area contributed by atoms with Crippen LogP contribution >= 0.6 is 11.6 Å². The van der Waals surface area contributed by atoms with Crippen LogP contribution in [-0.4, -0.2) is 121 Å². The molecule has 2 aromatic heterocycles. The van der Waals surface area contributed by atoms with Crippen LogP contribution in [0.3, 0.4) is 0 Å². The Morgan fingerprint density at radius 2 is 1.36 bits per heavy atom. The Bertz CT molecular complexity index is 2290. The topological polar surface area (TPSA) is 241 Å². The molecule has 2 aliphatic heterocycles. The summed E-state index contributed by atoms with van der Waals surface area (Å²) >= 11 is 6.64. The molecule has 2 saturated heterocycles. The van der Waals surface area contributed by atoms with Crippen LogP contribution in [0.1, 0.15) is 41.0 Å². The molecule has 4 aromatic rings. The van der Waals surface area contributed by atoms with Crippen LogP contribution in [0.15, 0.2) is 59.5 Å². The van der Waals surface area contributed by atoms with Gasteiger partial charge in [0.25, 0.3) is 6.01 Å². The van der Waals surface area contributed by atoms with Crippen molar-refractivity contribution in [1.29, 1.82) is 0 Å². The maximum atomic E-state index is 13.5. The highest BCUT2D eigenvalue weighted by Gasteiger charge is 2.49. The minimum atomic E-state index is -4.26. The van der Waals surface area contributed by atoms with Crippen molar-refractivity contribution in [1.82, 2.24) is 19.7 Å². The fourth-order valence-electron chi connectivity index (χ4n) is 6.89. The molecule has 316 valence electrons. The molecule has 20 heteroatoms. The van der Waals surface area contributed by atoms with E-state index in [-0.39, 0.29) is 30.5 Å². The van der Waals surface area contributed by atoms with Gasteiger partial charge in [-0.05, 0) is 35.7 Å². The van der Waals surface area contributed by atoms with Gasteiger partial charge in [-0.2, -0.15) is 4.98 Å². The van der Waals surface area contributed by atoms with Crippen molar-refractivity contribution in [3.8, 4) is 28.4 Å². The zero-order chi connectivity index (χ0) is 42.6. The minimum absolute atomic E-state index is 0.105. The molecule has 4 heterocycles. The van der Waals surface area contributed by atoms with Crippen LogP contribution in [0, 0.1) is 0 Å². The van der Waals surface area contributed by atoms with E-state index in [1.807, 2.05) is 24.3 Å². The average Bonchev–Trinajstić information content (AvgIpc) is 3.89. The normalized spacial score (nSPS) is 20.9. The van der Waals surface area contributed by atoms with Gasteiger partial charge in [0.05, 0.1) is 40.9 Å². The van der Waals surface area contributed by atoms with Crippen LogP contribution in [0.4, 0.5) is 0 Å². The molecular weight excluding hydrogens is 816 g/mol. The Hall–Kier alpha value is -5.18. The molecule has 59 heavy (non-hydrogen) atoms. The summed E-state index contributed by atoms with van der Waals surface area (Å²) < 4.78 is 68.1. The molecule has 0 bridgehead atoms. The summed E-state index contributed by atoms with van der Waals surface area (Å²) in [6.45, 7) is 5.78. The lowest BCUT2D eigenvalue weighted by Gasteiger charge is -2.35. The number of aromatic nitrogens is 3. The van der Waals surface area contributed by atoms with Gasteiger partial charge in [0.2, 0.25) is 10.0 Å². The number of nitrogens with one attached hydrogen (secondary N) is 2. The number of esters is 4. The fourth-order valence-corrected chi connectivity index (χ4v) is 8.20. The van der Waals surface area contributed by atoms with Gasteiger partial charge in [-0.3, -0.25) is 19.2 Å². The lowest BCUT2D eigenvalue weighted by molar-refractivity contribution is -0.197. The summed E-state index contributed by atoms with van der Waals surface area (Å²) in [5.74, 6) is -3.24. The smallest absolute Gasteiger partial charge is 0.303 e. The number of imidazole rings is 1. The molecule has 0 unspecified atom stereocenters. The van der Waals surface area contributed by atoms with Crippen LogP contribution in [-0.2, 0) is 57.6 Å². The number of benzene rings is 2. The molecule has 0 spiro atoms. The van der Waals surface area contributed by atoms with Gasteiger partial charge >= 0.3 is 23.9 Å². The molecule has 0 radical (unpaired) electrons. The van der Waals surface area contributed by atoms with E-state index in [1.165, 1.54) is 12.1 Å². The molecule has 3 N–H and O–H groups in total. The summed E-state index contributed by atoms with van der Waals surface area (Å²) in [6, 6.07) is 15.1. The number of hydrogen-bond donors (Lipinski definition) is 3.